The number of hydrogen-bond acceptors (Lipinski definition) is 3. The Morgan fingerprint density at radius 2 is 2.50 bits per heavy atom. The van der Waals surface area contributed by atoms with Crippen LogP contribution in [0.1, 0.15) is 5.56 Å². The Morgan fingerprint density at radius 3 is 3.40 bits per heavy atom. The summed E-state index contributed by atoms with van der Waals surface area (Å²) in [6.07, 6.45) is 1.78. The topological polar surface area (TPSA) is 37.0 Å². The highest BCUT2D eigenvalue weighted by atomic mass is 15.1. The standard InChI is InChI=1S/C7H8N3/c1-2-6-4-8-5-10-7(6)9-3-1/h1-3,5,8H,4H2,(H,9,10). The van der Waals surface area contributed by atoms with Crippen molar-refractivity contribution in [3.8, 4) is 0 Å². The van der Waals surface area contributed by atoms with Crippen molar-refractivity contribution in [2.24, 2.45) is 0 Å². The molecule has 0 amide bonds. The summed E-state index contributed by atoms with van der Waals surface area (Å²) in [6, 6.07) is 3.99. The van der Waals surface area contributed by atoms with Crippen molar-refractivity contribution < 1.29 is 0 Å². The molecular weight excluding hydrogens is 126 g/mol. The highest BCUT2D eigenvalue weighted by Crippen LogP contribution is 2.13. The SMILES string of the molecule is [CH]1NCc2cccnc2N1. The average molecular weight is 134 g/mol. The molecule has 0 spiro atoms. The number of aromatic nitrogens is 1. The lowest BCUT2D eigenvalue weighted by Crippen LogP contribution is -2.22. The van der Waals surface area contributed by atoms with Crippen molar-refractivity contribution in [3.63, 3.8) is 0 Å². The first kappa shape index (κ1) is 5.68. The van der Waals surface area contributed by atoms with Gasteiger partial charge in [0.1, 0.15) is 12.5 Å². The third kappa shape index (κ3) is 0.844. The molecule has 0 aromatic carbocycles. The van der Waals surface area contributed by atoms with Crippen molar-refractivity contribution in [3.05, 3.63) is 30.6 Å². The molecule has 3 nitrogen and oxygen atoms in total. The molecule has 1 aromatic rings. The van der Waals surface area contributed by atoms with E-state index in [9.17, 15) is 0 Å². The zero-order valence-electron chi connectivity index (χ0n) is 5.46. The lowest BCUT2D eigenvalue weighted by atomic mass is 10.2. The number of rotatable bonds is 0. The lowest BCUT2D eigenvalue weighted by Gasteiger charge is -2.15. The van der Waals surface area contributed by atoms with E-state index in [1.54, 1.807) is 12.9 Å². The molecule has 1 aliphatic heterocycles. The van der Waals surface area contributed by atoms with E-state index in [0.717, 1.165) is 12.4 Å². The zero-order chi connectivity index (χ0) is 6.81. The monoisotopic (exact) mass is 134 g/mol. The minimum absolute atomic E-state index is 0.871. The van der Waals surface area contributed by atoms with Crippen LogP contribution in [0, 0.1) is 6.67 Å². The Balaban J connectivity index is 2.41. The van der Waals surface area contributed by atoms with E-state index in [1.807, 2.05) is 6.07 Å². The highest BCUT2D eigenvalue weighted by Gasteiger charge is 2.06. The van der Waals surface area contributed by atoms with Crippen LogP contribution in [0.3, 0.4) is 0 Å². The fourth-order valence-corrected chi connectivity index (χ4v) is 0.992. The molecule has 0 bridgehead atoms. The molecular formula is C7H8N3. The molecule has 2 heterocycles. The van der Waals surface area contributed by atoms with E-state index < -0.39 is 0 Å². The predicted molar refractivity (Wildman–Crippen MR) is 39.0 cm³/mol. The summed E-state index contributed by atoms with van der Waals surface area (Å²) in [5.74, 6) is 0.959. The Hall–Kier alpha value is -1.09. The summed E-state index contributed by atoms with van der Waals surface area (Å²) < 4.78 is 0. The molecule has 51 valence electrons. The van der Waals surface area contributed by atoms with Gasteiger partial charge < -0.3 is 5.32 Å². The van der Waals surface area contributed by atoms with Crippen LogP contribution >= 0.6 is 0 Å². The molecule has 2 rings (SSSR count). The average Bonchev–Trinajstić information content (AvgIpc) is 2.05. The van der Waals surface area contributed by atoms with Crippen LogP contribution in [-0.4, -0.2) is 4.98 Å². The van der Waals surface area contributed by atoms with Crippen LogP contribution in [0.15, 0.2) is 18.3 Å². The van der Waals surface area contributed by atoms with Gasteiger partial charge in [-0.25, -0.2) is 4.98 Å². The van der Waals surface area contributed by atoms with Gasteiger partial charge >= 0.3 is 0 Å². The van der Waals surface area contributed by atoms with Crippen molar-refractivity contribution in [1.82, 2.24) is 10.3 Å². The molecule has 0 atom stereocenters. The zero-order valence-corrected chi connectivity index (χ0v) is 5.46. The van der Waals surface area contributed by atoms with Crippen molar-refractivity contribution >= 4 is 5.82 Å². The van der Waals surface area contributed by atoms with E-state index in [2.05, 4.69) is 21.7 Å². The highest BCUT2D eigenvalue weighted by molar-refractivity contribution is 5.46. The third-order valence-corrected chi connectivity index (χ3v) is 1.49. The Bertz CT molecular complexity index is 209. The Kier molecular flexibility index (Phi) is 1.29. The number of nitrogens with one attached hydrogen (secondary N) is 2. The fourth-order valence-electron chi connectivity index (χ4n) is 0.992. The fraction of sp³-hybridized carbons (Fsp3) is 0.143. The van der Waals surface area contributed by atoms with Crippen LogP contribution < -0.4 is 10.6 Å². The summed E-state index contributed by atoms with van der Waals surface area (Å²) in [6.45, 7) is 2.67. The molecule has 2 N–H and O–H groups in total. The predicted octanol–water partition coefficient (Wildman–Crippen LogP) is 0.716. The molecule has 0 aliphatic carbocycles. The molecule has 0 unspecified atom stereocenters. The van der Waals surface area contributed by atoms with Gasteiger partial charge in [-0.2, -0.15) is 0 Å². The van der Waals surface area contributed by atoms with Crippen molar-refractivity contribution in [2.45, 2.75) is 6.54 Å². The molecule has 0 saturated carbocycles. The summed E-state index contributed by atoms with van der Waals surface area (Å²) >= 11 is 0. The van der Waals surface area contributed by atoms with E-state index in [4.69, 9.17) is 0 Å². The second-order valence-electron chi connectivity index (χ2n) is 2.18. The number of nitrogens with zero attached hydrogens (tertiary/aromatic N) is 1. The second-order valence-corrected chi connectivity index (χ2v) is 2.18. The number of anilines is 1. The van der Waals surface area contributed by atoms with Gasteiger partial charge in [0.15, 0.2) is 0 Å². The first-order valence-corrected chi connectivity index (χ1v) is 3.22. The maximum Gasteiger partial charge on any atom is 0.131 e. The van der Waals surface area contributed by atoms with Crippen LogP contribution in [-0.2, 0) is 6.54 Å². The van der Waals surface area contributed by atoms with Gasteiger partial charge in [0.05, 0.1) is 0 Å². The summed E-state index contributed by atoms with van der Waals surface area (Å²) in [5, 5.41) is 6.08. The number of fused-ring (bicyclic) bond motifs is 1. The molecule has 3 heteroatoms. The van der Waals surface area contributed by atoms with Gasteiger partial charge in [-0.15, -0.1) is 0 Å². The van der Waals surface area contributed by atoms with E-state index in [1.165, 1.54) is 5.56 Å². The Morgan fingerprint density at radius 1 is 1.50 bits per heavy atom. The first-order chi connectivity index (χ1) is 4.97. The van der Waals surface area contributed by atoms with E-state index >= 15 is 0 Å². The summed E-state index contributed by atoms with van der Waals surface area (Å²) in [7, 11) is 0. The Labute approximate surface area is 59.5 Å². The number of pyridine rings is 1. The first-order valence-electron chi connectivity index (χ1n) is 3.22. The van der Waals surface area contributed by atoms with Gasteiger partial charge in [-0.05, 0) is 6.07 Å². The lowest BCUT2D eigenvalue weighted by molar-refractivity contribution is 0.777. The third-order valence-electron chi connectivity index (χ3n) is 1.49. The molecule has 1 radical (unpaired) electrons. The van der Waals surface area contributed by atoms with Gasteiger partial charge in [0.25, 0.3) is 0 Å². The maximum absolute atomic E-state index is 4.14. The maximum atomic E-state index is 4.14. The van der Waals surface area contributed by atoms with E-state index in [-0.39, 0.29) is 0 Å². The molecule has 1 aliphatic rings. The normalized spacial score (nSPS) is 15.6. The van der Waals surface area contributed by atoms with Gasteiger partial charge in [-0.3, -0.25) is 5.32 Å². The van der Waals surface area contributed by atoms with Gasteiger partial charge in [-0.1, -0.05) is 6.07 Å². The quantitative estimate of drug-likeness (QED) is 0.549. The second kappa shape index (κ2) is 2.27. The minimum atomic E-state index is 0.871. The van der Waals surface area contributed by atoms with Gasteiger partial charge in [0, 0.05) is 18.3 Å². The van der Waals surface area contributed by atoms with Crippen LogP contribution in [0.2, 0.25) is 0 Å². The largest absolute Gasteiger partial charge is 0.351 e. The minimum Gasteiger partial charge on any atom is -0.351 e. The molecule has 0 saturated heterocycles. The number of hydrogen-bond donors (Lipinski definition) is 2. The molecule has 1 aromatic heterocycles. The van der Waals surface area contributed by atoms with Crippen LogP contribution in [0.5, 0.6) is 0 Å². The van der Waals surface area contributed by atoms with Crippen molar-refractivity contribution in [2.75, 3.05) is 5.32 Å². The van der Waals surface area contributed by atoms with Crippen molar-refractivity contribution in [1.29, 1.82) is 0 Å². The smallest absolute Gasteiger partial charge is 0.131 e. The van der Waals surface area contributed by atoms with E-state index in [0.29, 0.717) is 0 Å². The van der Waals surface area contributed by atoms with Crippen LogP contribution in [0.25, 0.3) is 0 Å². The molecule has 0 fully saturated rings. The van der Waals surface area contributed by atoms with Gasteiger partial charge in [0.2, 0.25) is 0 Å². The molecule has 10 heavy (non-hydrogen) atoms. The van der Waals surface area contributed by atoms with Crippen LogP contribution in [0.4, 0.5) is 5.82 Å². The summed E-state index contributed by atoms with van der Waals surface area (Å²) in [4.78, 5) is 4.14. The summed E-state index contributed by atoms with van der Waals surface area (Å²) in [5.41, 5.74) is 1.21.